The van der Waals surface area contributed by atoms with E-state index in [1.165, 1.54) is 0 Å². The van der Waals surface area contributed by atoms with Crippen molar-refractivity contribution in [3.05, 3.63) is 0 Å². The van der Waals surface area contributed by atoms with Gasteiger partial charge in [0.25, 0.3) is 0 Å². The number of aliphatic hydroxyl groups is 1. The van der Waals surface area contributed by atoms with E-state index in [4.69, 9.17) is 9.84 Å². The highest BCUT2D eigenvalue weighted by molar-refractivity contribution is 5.76. The molecule has 0 atom stereocenters. The normalized spacial score (nSPS) is 15.9. The van der Waals surface area contributed by atoms with Gasteiger partial charge in [0.2, 0.25) is 0 Å². The topological polar surface area (TPSA) is 65.0 Å². The lowest BCUT2D eigenvalue weighted by Gasteiger charge is -2.23. The van der Waals surface area contributed by atoms with Crippen molar-refractivity contribution < 1.29 is 14.6 Å². The van der Waals surface area contributed by atoms with Gasteiger partial charge in [-0.25, -0.2) is 4.79 Å². The third kappa shape index (κ3) is 4.34. The number of urea groups is 1. The maximum Gasteiger partial charge on any atom is 0.317 e. The fourth-order valence-corrected chi connectivity index (χ4v) is 1.68. The minimum absolute atomic E-state index is 0.00990. The Labute approximate surface area is 96.2 Å². The molecule has 1 aliphatic heterocycles. The van der Waals surface area contributed by atoms with Crippen LogP contribution in [0.1, 0.15) is 0 Å². The van der Waals surface area contributed by atoms with Gasteiger partial charge in [0.1, 0.15) is 0 Å². The Hall–Kier alpha value is -0.850. The second kappa shape index (κ2) is 7.43. The van der Waals surface area contributed by atoms with Crippen LogP contribution in [0.2, 0.25) is 0 Å². The summed E-state index contributed by atoms with van der Waals surface area (Å²) in [5.41, 5.74) is 0. The molecule has 0 bridgehead atoms. The molecule has 0 aliphatic carbocycles. The molecule has 6 heteroatoms. The molecule has 0 aromatic rings. The van der Waals surface area contributed by atoms with Crippen molar-refractivity contribution in [2.75, 3.05) is 59.6 Å². The fraction of sp³-hybridized carbons (Fsp3) is 0.900. The molecule has 2 N–H and O–H groups in total. The van der Waals surface area contributed by atoms with Crippen molar-refractivity contribution in [2.45, 2.75) is 0 Å². The van der Waals surface area contributed by atoms with Crippen LogP contribution in [0, 0.1) is 0 Å². The smallest absolute Gasteiger partial charge is 0.317 e. The van der Waals surface area contributed by atoms with Gasteiger partial charge in [-0.05, 0) is 0 Å². The monoisotopic (exact) mass is 231 g/mol. The highest BCUT2D eigenvalue weighted by atomic mass is 16.5. The van der Waals surface area contributed by atoms with E-state index in [1.807, 2.05) is 0 Å². The van der Waals surface area contributed by atoms with Gasteiger partial charge in [0, 0.05) is 46.4 Å². The zero-order valence-electron chi connectivity index (χ0n) is 9.81. The number of nitrogens with zero attached hydrogens (tertiary/aromatic N) is 2. The molecule has 16 heavy (non-hydrogen) atoms. The summed E-state index contributed by atoms with van der Waals surface area (Å²) >= 11 is 0. The lowest BCUT2D eigenvalue weighted by molar-refractivity contribution is 0.124. The van der Waals surface area contributed by atoms with E-state index in [-0.39, 0.29) is 12.6 Å². The van der Waals surface area contributed by atoms with Gasteiger partial charge >= 0.3 is 6.03 Å². The summed E-state index contributed by atoms with van der Waals surface area (Å²) in [5.74, 6) is 0. The maximum absolute atomic E-state index is 11.3. The number of hydrogen-bond donors (Lipinski definition) is 2. The molecule has 0 aromatic heterocycles. The Kier molecular flexibility index (Phi) is 6.14. The first-order valence-electron chi connectivity index (χ1n) is 5.63. The summed E-state index contributed by atoms with van der Waals surface area (Å²) in [6.45, 7) is 5.17. The van der Waals surface area contributed by atoms with Crippen molar-refractivity contribution in [1.29, 1.82) is 0 Å². The predicted octanol–water partition coefficient (Wildman–Crippen LogP) is -1.05. The number of rotatable bonds is 8. The molecule has 1 fully saturated rings. The average Bonchev–Trinajstić information content (AvgIpc) is 2.68. The van der Waals surface area contributed by atoms with E-state index in [0.717, 1.165) is 26.2 Å². The molecular formula is C10H21N3O3. The Bertz CT molecular complexity index is 213. The van der Waals surface area contributed by atoms with Crippen LogP contribution in [-0.2, 0) is 4.74 Å². The van der Waals surface area contributed by atoms with Crippen LogP contribution < -0.4 is 5.32 Å². The van der Waals surface area contributed by atoms with Crippen molar-refractivity contribution in [3.63, 3.8) is 0 Å². The van der Waals surface area contributed by atoms with Gasteiger partial charge in [-0.15, -0.1) is 0 Å². The molecule has 94 valence electrons. The molecule has 0 radical (unpaired) electrons. The first-order valence-corrected chi connectivity index (χ1v) is 5.63. The van der Waals surface area contributed by atoms with Crippen molar-refractivity contribution >= 4 is 6.03 Å². The zero-order chi connectivity index (χ0) is 11.8. The van der Waals surface area contributed by atoms with Gasteiger partial charge in [-0.2, -0.15) is 0 Å². The predicted molar refractivity (Wildman–Crippen MR) is 60.4 cm³/mol. The molecule has 0 saturated carbocycles. The minimum atomic E-state index is 0.00990. The third-order valence-electron chi connectivity index (χ3n) is 2.66. The lowest BCUT2D eigenvalue weighted by Crippen LogP contribution is -2.39. The lowest BCUT2D eigenvalue weighted by atomic mass is 10.4. The number of hydrogen-bond acceptors (Lipinski definition) is 4. The van der Waals surface area contributed by atoms with E-state index in [9.17, 15) is 4.79 Å². The van der Waals surface area contributed by atoms with Gasteiger partial charge in [-0.1, -0.05) is 0 Å². The van der Waals surface area contributed by atoms with Crippen LogP contribution >= 0.6 is 0 Å². The van der Waals surface area contributed by atoms with Crippen molar-refractivity contribution in [2.24, 2.45) is 0 Å². The van der Waals surface area contributed by atoms with E-state index in [0.29, 0.717) is 19.7 Å². The van der Waals surface area contributed by atoms with Gasteiger partial charge in [-0.3, -0.25) is 4.90 Å². The van der Waals surface area contributed by atoms with Crippen molar-refractivity contribution in [3.8, 4) is 0 Å². The van der Waals surface area contributed by atoms with E-state index in [2.05, 4.69) is 10.2 Å². The molecular weight excluding hydrogens is 210 g/mol. The standard InChI is InChI=1S/C10H21N3O3/c1-16-9-7-12(6-8-14)4-5-13-3-2-11-10(13)15/h14H,2-9H2,1H3,(H,11,15). The number of aliphatic hydroxyl groups excluding tert-OH is 1. The quantitative estimate of drug-likeness (QED) is 0.559. The summed E-state index contributed by atoms with van der Waals surface area (Å²) in [6, 6.07) is 0.00990. The van der Waals surface area contributed by atoms with Crippen LogP contribution in [0.3, 0.4) is 0 Å². The Morgan fingerprint density at radius 2 is 2.31 bits per heavy atom. The fourth-order valence-electron chi connectivity index (χ4n) is 1.68. The molecule has 1 heterocycles. The first-order chi connectivity index (χ1) is 7.77. The van der Waals surface area contributed by atoms with Crippen LogP contribution in [0.15, 0.2) is 0 Å². The molecule has 2 amide bonds. The second-order valence-electron chi connectivity index (χ2n) is 3.78. The van der Waals surface area contributed by atoms with Gasteiger partial charge < -0.3 is 20.1 Å². The minimum Gasteiger partial charge on any atom is -0.395 e. The molecule has 0 aromatic carbocycles. The molecule has 1 aliphatic rings. The number of methoxy groups -OCH3 is 1. The number of amides is 2. The maximum atomic E-state index is 11.3. The molecule has 1 saturated heterocycles. The third-order valence-corrected chi connectivity index (χ3v) is 2.66. The average molecular weight is 231 g/mol. The Morgan fingerprint density at radius 3 is 2.88 bits per heavy atom. The highest BCUT2D eigenvalue weighted by Crippen LogP contribution is 1.97. The highest BCUT2D eigenvalue weighted by Gasteiger charge is 2.19. The van der Waals surface area contributed by atoms with Crippen LogP contribution in [-0.4, -0.2) is 80.5 Å². The van der Waals surface area contributed by atoms with E-state index < -0.39 is 0 Å². The summed E-state index contributed by atoms with van der Waals surface area (Å²) in [5, 5.41) is 11.7. The van der Waals surface area contributed by atoms with Crippen LogP contribution in [0.25, 0.3) is 0 Å². The zero-order valence-corrected chi connectivity index (χ0v) is 9.81. The van der Waals surface area contributed by atoms with Gasteiger partial charge in [0.15, 0.2) is 0 Å². The summed E-state index contributed by atoms with van der Waals surface area (Å²) in [6.07, 6.45) is 0. The van der Waals surface area contributed by atoms with Crippen LogP contribution in [0.4, 0.5) is 4.79 Å². The number of carbonyl (C=O) groups excluding carboxylic acids is 1. The van der Waals surface area contributed by atoms with Crippen molar-refractivity contribution in [1.82, 2.24) is 15.1 Å². The Morgan fingerprint density at radius 1 is 1.50 bits per heavy atom. The molecule has 0 unspecified atom stereocenters. The second-order valence-corrected chi connectivity index (χ2v) is 3.78. The van der Waals surface area contributed by atoms with E-state index >= 15 is 0 Å². The summed E-state index contributed by atoms with van der Waals surface area (Å²) < 4.78 is 5.00. The van der Waals surface area contributed by atoms with Crippen LogP contribution in [0.5, 0.6) is 0 Å². The largest absolute Gasteiger partial charge is 0.395 e. The molecule has 6 nitrogen and oxygen atoms in total. The Balaban J connectivity index is 2.22. The van der Waals surface area contributed by atoms with Gasteiger partial charge in [0.05, 0.1) is 13.2 Å². The number of carbonyl (C=O) groups is 1. The molecule has 1 rings (SSSR count). The SMILES string of the molecule is COCCN(CCO)CCN1CCNC1=O. The summed E-state index contributed by atoms with van der Waals surface area (Å²) in [7, 11) is 1.66. The summed E-state index contributed by atoms with van der Waals surface area (Å²) in [4.78, 5) is 15.2. The molecule has 0 spiro atoms. The number of ether oxygens (including phenoxy) is 1. The first kappa shape index (κ1) is 13.2. The number of nitrogens with one attached hydrogen (secondary N) is 1. The van der Waals surface area contributed by atoms with E-state index in [1.54, 1.807) is 12.0 Å².